The molecule has 3 heterocycles. The van der Waals surface area contributed by atoms with Crippen LogP contribution in [-0.2, 0) is 18.3 Å². The first kappa shape index (κ1) is 19.3. The van der Waals surface area contributed by atoms with E-state index in [1.54, 1.807) is 13.8 Å². The Kier molecular flexibility index (Phi) is 3.97. The molecule has 32 heavy (non-hydrogen) atoms. The minimum Gasteiger partial charge on any atom is -0.378 e. The summed E-state index contributed by atoms with van der Waals surface area (Å²) in [6, 6.07) is 10.1. The summed E-state index contributed by atoms with van der Waals surface area (Å²) in [5.41, 5.74) is 8.54. The highest BCUT2D eigenvalue weighted by molar-refractivity contribution is 6.01. The Morgan fingerprint density at radius 2 is 1.94 bits per heavy atom. The van der Waals surface area contributed by atoms with Crippen molar-refractivity contribution in [1.29, 1.82) is 0 Å². The van der Waals surface area contributed by atoms with Crippen LogP contribution >= 0.6 is 0 Å². The van der Waals surface area contributed by atoms with Gasteiger partial charge in [-0.25, -0.2) is 0 Å². The zero-order valence-corrected chi connectivity index (χ0v) is 18.3. The van der Waals surface area contributed by atoms with Gasteiger partial charge in [-0.1, -0.05) is 24.0 Å². The molecule has 2 aliphatic carbocycles. The number of pyridine rings is 1. The van der Waals surface area contributed by atoms with Crippen LogP contribution in [0.4, 0.5) is 0 Å². The van der Waals surface area contributed by atoms with Gasteiger partial charge in [0.25, 0.3) is 5.91 Å². The van der Waals surface area contributed by atoms with Crippen molar-refractivity contribution in [3.8, 4) is 34.4 Å². The van der Waals surface area contributed by atoms with Crippen molar-refractivity contribution >= 4 is 5.91 Å². The van der Waals surface area contributed by atoms with E-state index in [1.165, 1.54) is 5.56 Å². The van der Waals surface area contributed by atoms with Crippen LogP contribution in [0.1, 0.15) is 59.4 Å². The maximum absolute atomic E-state index is 12.7. The molecule has 3 aromatic rings. The average molecular weight is 424 g/mol. The summed E-state index contributed by atoms with van der Waals surface area (Å²) in [6.07, 6.45) is 6.01. The molecule has 1 spiro atoms. The van der Waals surface area contributed by atoms with E-state index in [0.29, 0.717) is 0 Å². The first-order valence-electron chi connectivity index (χ1n) is 11.2. The number of amides is 1. The third-order valence-electron chi connectivity index (χ3n) is 6.90. The number of aromatic nitrogens is 2. The van der Waals surface area contributed by atoms with E-state index in [1.807, 2.05) is 30.5 Å². The molecule has 3 aliphatic rings. The van der Waals surface area contributed by atoms with E-state index in [9.17, 15) is 9.90 Å². The van der Waals surface area contributed by atoms with Crippen molar-refractivity contribution in [2.24, 2.45) is 0 Å². The molecule has 5 heteroatoms. The summed E-state index contributed by atoms with van der Waals surface area (Å²) in [4.78, 5) is 21.1. The second-order valence-electron chi connectivity index (χ2n) is 9.80. The zero-order valence-electron chi connectivity index (χ0n) is 18.3. The summed E-state index contributed by atoms with van der Waals surface area (Å²) in [7, 11) is 0. The number of H-pyrrole nitrogens is 1. The van der Waals surface area contributed by atoms with E-state index >= 15 is 0 Å². The number of carbonyl (C=O) groups is 1. The van der Waals surface area contributed by atoms with Gasteiger partial charge >= 0.3 is 0 Å². The predicted octanol–water partition coefficient (Wildman–Crippen LogP) is 3.74. The topological polar surface area (TPSA) is 78.0 Å². The van der Waals surface area contributed by atoms with Gasteiger partial charge < -0.3 is 15.4 Å². The number of nitrogens with zero attached hydrogens (tertiary/aromatic N) is 1. The summed E-state index contributed by atoms with van der Waals surface area (Å²) in [5.74, 6) is 5.92. The van der Waals surface area contributed by atoms with E-state index in [-0.39, 0.29) is 11.3 Å². The number of rotatable bonds is 1. The number of nitrogens with one attached hydrogen (secondary N) is 2. The van der Waals surface area contributed by atoms with Gasteiger partial charge in [-0.2, -0.15) is 0 Å². The van der Waals surface area contributed by atoms with Crippen LogP contribution in [0.15, 0.2) is 36.5 Å². The van der Waals surface area contributed by atoms with Crippen molar-refractivity contribution < 1.29 is 9.90 Å². The van der Waals surface area contributed by atoms with Crippen LogP contribution in [0.5, 0.6) is 0 Å². The monoisotopic (exact) mass is 423 g/mol. The standard InChI is InChI=1S/C27H25N3O2/c1-26(2,32)10-9-16-3-5-17(6-4-16)21-13-20-18(14-28-21)7-8-19-22-24(30-23(19)20)27(11-12-27)15-29-25(22)31/h3-6,13-14,30,32H,7-8,11-12,15H2,1-2H3,(H,29,31). The molecule has 0 saturated heterocycles. The molecule has 0 radical (unpaired) electrons. The van der Waals surface area contributed by atoms with Crippen molar-refractivity contribution in [2.75, 3.05) is 6.54 Å². The lowest BCUT2D eigenvalue weighted by atomic mass is 9.86. The molecule has 0 bridgehead atoms. The summed E-state index contributed by atoms with van der Waals surface area (Å²) >= 11 is 0. The number of hydrogen-bond acceptors (Lipinski definition) is 3. The molecular weight excluding hydrogens is 398 g/mol. The molecule has 6 rings (SSSR count). The largest absolute Gasteiger partial charge is 0.378 e. The van der Waals surface area contributed by atoms with E-state index in [0.717, 1.165) is 77.1 Å². The molecule has 0 unspecified atom stereocenters. The maximum atomic E-state index is 12.7. The quantitative estimate of drug-likeness (QED) is 0.522. The van der Waals surface area contributed by atoms with Crippen LogP contribution in [0.25, 0.3) is 22.5 Å². The van der Waals surface area contributed by atoms with Crippen LogP contribution in [0, 0.1) is 11.8 Å². The normalized spacial score (nSPS) is 17.5. The highest BCUT2D eigenvalue weighted by Gasteiger charge is 2.51. The predicted molar refractivity (Wildman–Crippen MR) is 123 cm³/mol. The van der Waals surface area contributed by atoms with Gasteiger partial charge in [0.15, 0.2) is 0 Å². The Bertz CT molecular complexity index is 1330. The van der Waals surface area contributed by atoms with Gasteiger partial charge in [0.2, 0.25) is 0 Å². The molecular formula is C27H25N3O2. The average Bonchev–Trinajstić information content (AvgIpc) is 3.44. The molecule has 2 aromatic heterocycles. The van der Waals surface area contributed by atoms with Gasteiger partial charge in [0.05, 0.1) is 17.0 Å². The molecule has 1 aliphatic heterocycles. The Morgan fingerprint density at radius 3 is 2.66 bits per heavy atom. The lowest BCUT2D eigenvalue weighted by molar-refractivity contribution is 0.0936. The number of hydrogen-bond donors (Lipinski definition) is 3. The van der Waals surface area contributed by atoms with Crippen LogP contribution in [-0.4, -0.2) is 33.1 Å². The number of fused-ring (bicyclic) bond motifs is 6. The fraction of sp³-hybridized carbons (Fsp3) is 0.333. The van der Waals surface area contributed by atoms with Gasteiger partial charge in [-0.15, -0.1) is 0 Å². The van der Waals surface area contributed by atoms with E-state index in [4.69, 9.17) is 4.98 Å². The Hall–Kier alpha value is -3.36. The molecule has 0 atom stereocenters. The third-order valence-corrected chi connectivity index (χ3v) is 6.90. The highest BCUT2D eigenvalue weighted by Crippen LogP contribution is 2.52. The van der Waals surface area contributed by atoms with E-state index in [2.05, 4.69) is 28.2 Å². The summed E-state index contributed by atoms with van der Waals surface area (Å²) in [6.45, 7) is 4.09. The first-order valence-corrected chi connectivity index (χ1v) is 11.2. The number of aromatic amines is 1. The number of aliphatic hydroxyl groups is 1. The Labute approximate surface area is 187 Å². The van der Waals surface area contributed by atoms with Crippen molar-refractivity contribution in [2.45, 2.75) is 50.5 Å². The minimum absolute atomic E-state index is 0.0653. The minimum atomic E-state index is -1.01. The molecule has 160 valence electrons. The second kappa shape index (κ2) is 6.57. The van der Waals surface area contributed by atoms with Gasteiger partial charge in [0, 0.05) is 40.5 Å². The van der Waals surface area contributed by atoms with Crippen LogP contribution in [0.2, 0.25) is 0 Å². The zero-order chi connectivity index (χ0) is 22.1. The third kappa shape index (κ3) is 3.06. The second-order valence-corrected chi connectivity index (χ2v) is 9.80. The Balaban J connectivity index is 1.40. The summed E-state index contributed by atoms with van der Waals surface area (Å²) < 4.78 is 0. The smallest absolute Gasteiger partial charge is 0.253 e. The lowest BCUT2D eigenvalue weighted by Crippen LogP contribution is -2.39. The van der Waals surface area contributed by atoms with Crippen molar-refractivity contribution in [3.63, 3.8) is 0 Å². The van der Waals surface area contributed by atoms with Crippen molar-refractivity contribution in [1.82, 2.24) is 15.3 Å². The molecule has 3 N–H and O–H groups in total. The fourth-order valence-electron chi connectivity index (χ4n) is 4.95. The summed E-state index contributed by atoms with van der Waals surface area (Å²) in [5, 5.41) is 12.9. The molecule has 1 aromatic carbocycles. The van der Waals surface area contributed by atoms with Gasteiger partial charge in [-0.05, 0) is 68.9 Å². The van der Waals surface area contributed by atoms with Crippen LogP contribution in [0.3, 0.4) is 0 Å². The number of carbonyl (C=O) groups excluding carboxylic acids is 1. The highest BCUT2D eigenvalue weighted by atomic mass is 16.3. The molecule has 1 saturated carbocycles. The van der Waals surface area contributed by atoms with Gasteiger partial charge in [-0.3, -0.25) is 9.78 Å². The van der Waals surface area contributed by atoms with Crippen molar-refractivity contribution in [3.05, 3.63) is 64.5 Å². The Morgan fingerprint density at radius 1 is 1.16 bits per heavy atom. The fourth-order valence-corrected chi connectivity index (χ4v) is 4.95. The number of benzene rings is 1. The lowest BCUT2D eigenvalue weighted by Gasteiger charge is -2.23. The molecule has 1 fully saturated rings. The first-order chi connectivity index (χ1) is 15.3. The number of aryl methyl sites for hydroxylation is 1. The molecule has 1 amide bonds. The van der Waals surface area contributed by atoms with Gasteiger partial charge in [0.1, 0.15) is 5.60 Å². The molecule has 5 nitrogen and oxygen atoms in total. The van der Waals surface area contributed by atoms with E-state index < -0.39 is 5.60 Å². The SMILES string of the molecule is CC(C)(O)C#Cc1ccc(-c2cc3c(cn2)CCc2c-3[nH]c3c2C(=O)NCC32CC2)cc1. The maximum Gasteiger partial charge on any atom is 0.253 e. The van der Waals surface area contributed by atoms with Crippen LogP contribution < -0.4 is 5.32 Å².